The van der Waals surface area contributed by atoms with Crippen molar-refractivity contribution in [1.29, 1.82) is 5.26 Å². The number of pyridine rings is 1. The number of halogens is 3. The topological polar surface area (TPSA) is 83.2 Å². The minimum Gasteiger partial charge on any atom is -0.507 e. The van der Waals surface area contributed by atoms with E-state index in [-0.39, 0.29) is 29.0 Å². The molecule has 0 saturated carbocycles. The lowest BCUT2D eigenvalue weighted by Gasteiger charge is -2.16. The zero-order chi connectivity index (χ0) is 23.3. The molecule has 160 valence electrons. The van der Waals surface area contributed by atoms with E-state index in [2.05, 4.69) is 16.8 Å². The van der Waals surface area contributed by atoms with E-state index < -0.39 is 29.0 Å². The van der Waals surface area contributed by atoms with Crippen LogP contribution in [0.4, 0.5) is 13.2 Å². The molecule has 0 aliphatic carbocycles. The van der Waals surface area contributed by atoms with Crippen molar-refractivity contribution in [3.8, 4) is 34.8 Å². The van der Waals surface area contributed by atoms with Crippen molar-refractivity contribution in [2.75, 3.05) is 6.61 Å². The molecule has 0 aliphatic rings. The van der Waals surface area contributed by atoms with Gasteiger partial charge in [-0.05, 0) is 49.4 Å². The van der Waals surface area contributed by atoms with Crippen molar-refractivity contribution in [3.05, 3.63) is 82.7 Å². The molecule has 3 rings (SSSR count). The number of hydrogen-bond acceptors (Lipinski definition) is 5. The number of aromatic nitrogens is 1. The third kappa shape index (κ3) is 4.88. The van der Waals surface area contributed by atoms with Crippen LogP contribution in [0.25, 0.3) is 11.1 Å². The summed E-state index contributed by atoms with van der Waals surface area (Å²) in [6.45, 7) is 1.84. The maximum atomic E-state index is 14.0. The van der Waals surface area contributed by atoms with Crippen molar-refractivity contribution in [2.45, 2.75) is 13.1 Å². The Kier molecular flexibility index (Phi) is 6.46. The predicted molar refractivity (Wildman–Crippen MR) is 109 cm³/mol. The molecule has 32 heavy (non-hydrogen) atoms. The van der Waals surface area contributed by atoms with Crippen LogP contribution in [0.1, 0.15) is 39.7 Å². The van der Waals surface area contributed by atoms with Crippen LogP contribution in [0, 0.1) is 23.2 Å². The SMILES string of the molecule is CCOC(=O)c1cccc(C#Cc2ccc(O)c(-c3ccc(C#N)nc3)c2C(F)(F)F)c1. The van der Waals surface area contributed by atoms with Gasteiger partial charge in [0.25, 0.3) is 0 Å². The van der Waals surface area contributed by atoms with Gasteiger partial charge in [0.2, 0.25) is 0 Å². The number of hydrogen-bond donors (Lipinski definition) is 1. The Bertz CT molecular complexity index is 1260. The maximum Gasteiger partial charge on any atom is 0.418 e. The molecule has 0 unspecified atom stereocenters. The smallest absolute Gasteiger partial charge is 0.418 e. The number of phenolic OH excluding ortho intramolecular Hbond substituents is 1. The Labute approximate surface area is 181 Å². The van der Waals surface area contributed by atoms with E-state index in [1.165, 1.54) is 24.3 Å². The zero-order valence-corrected chi connectivity index (χ0v) is 16.7. The van der Waals surface area contributed by atoms with Gasteiger partial charge in [-0.1, -0.05) is 17.9 Å². The van der Waals surface area contributed by atoms with Crippen LogP contribution in [0.5, 0.6) is 5.75 Å². The first-order valence-corrected chi connectivity index (χ1v) is 9.33. The molecule has 0 spiro atoms. The molecule has 1 heterocycles. The average Bonchev–Trinajstić information content (AvgIpc) is 2.78. The number of phenols is 1. The van der Waals surface area contributed by atoms with Gasteiger partial charge in [-0.3, -0.25) is 0 Å². The highest BCUT2D eigenvalue weighted by Crippen LogP contribution is 2.43. The molecule has 0 fully saturated rings. The molecular formula is C24H15F3N2O3. The van der Waals surface area contributed by atoms with Crippen LogP contribution in [0.15, 0.2) is 54.7 Å². The molecule has 0 atom stereocenters. The maximum absolute atomic E-state index is 14.0. The summed E-state index contributed by atoms with van der Waals surface area (Å²) in [5.41, 5.74) is -1.42. The minimum atomic E-state index is -4.83. The Balaban J connectivity index is 2.12. The first kappa shape index (κ1) is 22.4. The largest absolute Gasteiger partial charge is 0.507 e. The van der Waals surface area contributed by atoms with Crippen LogP contribution in [0.2, 0.25) is 0 Å². The third-order valence-corrected chi connectivity index (χ3v) is 4.35. The van der Waals surface area contributed by atoms with Crippen LogP contribution in [-0.4, -0.2) is 22.7 Å². The number of nitrogens with zero attached hydrogens (tertiary/aromatic N) is 2. The highest BCUT2D eigenvalue weighted by molar-refractivity contribution is 5.89. The minimum absolute atomic E-state index is 0.0122. The second-order valence-corrected chi connectivity index (χ2v) is 6.48. The number of alkyl halides is 3. The molecule has 2 aromatic carbocycles. The van der Waals surface area contributed by atoms with Gasteiger partial charge in [-0.2, -0.15) is 18.4 Å². The number of nitriles is 1. The molecule has 0 radical (unpaired) electrons. The number of aromatic hydroxyl groups is 1. The van der Waals surface area contributed by atoms with Crippen molar-refractivity contribution in [1.82, 2.24) is 4.98 Å². The summed E-state index contributed by atoms with van der Waals surface area (Å²) in [5.74, 6) is 3.96. The van der Waals surface area contributed by atoms with Gasteiger partial charge in [0.1, 0.15) is 17.5 Å². The zero-order valence-electron chi connectivity index (χ0n) is 16.7. The van der Waals surface area contributed by atoms with Crippen LogP contribution in [-0.2, 0) is 10.9 Å². The highest BCUT2D eigenvalue weighted by Gasteiger charge is 2.37. The molecule has 0 aliphatic heterocycles. The van der Waals surface area contributed by atoms with Crippen molar-refractivity contribution >= 4 is 5.97 Å². The quantitative estimate of drug-likeness (QED) is 0.465. The number of esters is 1. The number of carbonyl (C=O) groups is 1. The van der Waals surface area contributed by atoms with Crippen molar-refractivity contribution in [3.63, 3.8) is 0 Å². The summed E-state index contributed by atoms with van der Waals surface area (Å²) in [5, 5.41) is 19.1. The number of ether oxygens (including phenoxy) is 1. The lowest BCUT2D eigenvalue weighted by molar-refractivity contribution is -0.137. The summed E-state index contributed by atoms with van der Waals surface area (Å²) < 4.78 is 46.9. The lowest BCUT2D eigenvalue weighted by Crippen LogP contribution is -2.10. The van der Waals surface area contributed by atoms with Gasteiger partial charge in [-0.15, -0.1) is 0 Å². The Morgan fingerprint density at radius 1 is 1.16 bits per heavy atom. The molecule has 0 amide bonds. The van der Waals surface area contributed by atoms with Crippen molar-refractivity contribution in [2.24, 2.45) is 0 Å². The summed E-state index contributed by atoms with van der Waals surface area (Å²) in [4.78, 5) is 15.7. The number of benzene rings is 2. The predicted octanol–water partition coefficient (Wildman–Crippen LogP) is 4.92. The first-order chi connectivity index (χ1) is 15.2. The van der Waals surface area contributed by atoms with Gasteiger partial charge < -0.3 is 9.84 Å². The fourth-order valence-electron chi connectivity index (χ4n) is 2.97. The van der Waals surface area contributed by atoms with Crippen molar-refractivity contribution < 1.29 is 27.8 Å². The highest BCUT2D eigenvalue weighted by atomic mass is 19.4. The second-order valence-electron chi connectivity index (χ2n) is 6.48. The van der Waals surface area contributed by atoms with E-state index >= 15 is 0 Å². The molecule has 0 bridgehead atoms. The fraction of sp³-hybridized carbons (Fsp3) is 0.125. The van der Waals surface area contributed by atoms with Gasteiger partial charge in [0, 0.05) is 28.5 Å². The molecule has 3 aromatic rings. The Morgan fingerprint density at radius 2 is 1.94 bits per heavy atom. The molecule has 5 nitrogen and oxygen atoms in total. The first-order valence-electron chi connectivity index (χ1n) is 9.33. The summed E-state index contributed by atoms with van der Waals surface area (Å²) in [6, 6.07) is 12.5. The van der Waals surface area contributed by atoms with Gasteiger partial charge in [0.15, 0.2) is 0 Å². The van der Waals surface area contributed by atoms with E-state index in [1.807, 2.05) is 0 Å². The third-order valence-electron chi connectivity index (χ3n) is 4.35. The molecule has 0 saturated heterocycles. The van der Waals surface area contributed by atoms with Gasteiger partial charge >= 0.3 is 12.1 Å². The molecule has 1 N–H and O–H groups in total. The summed E-state index contributed by atoms with van der Waals surface area (Å²) in [6.07, 6.45) is -3.75. The van der Waals surface area contributed by atoms with E-state index in [0.29, 0.717) is 5.56 Å². The van der Waals surface area contributed by atoms with Crippen LogP contribution < -0.4 is 0 Å². The Hall–Kier alpha value is -4.30. The average molecular weight is 436 g/mol. The Morgan fingerprint density at radius 3 is 2.56 bits per heavy atom. The van der Waals surface area contributed by atoms with Crippen LogP contribution in [0.3, 0.4) is 0 Å². The monoisotopic (exact) mass is 436 g/mol. The van der Waals surface area contributed by atoms with E-state index in [0.717, 1.165) is 18.3 Å². The van der Waals surface area contributed by atoms with Gasteiger partial charge in [0.05, 0.1) is 17.7 Å². The van der Waals surface area contributed by atoms with E-state index in [4.69, 9.17) is 10.00 Å². The van der Waals surface area contributed by atoms with E-state index in [1.54, 1.807) is 25.1 Å². The summed E-state index contributed by atoms with van der Waals surface area (Å²) >= 11 is 0. The van der Waals surface area contributed by atoms with Crippen LogP contribution >= 0.6 is 0 Å². The standard InChI is InChI=1S/C24H15F3N2O3/c1-2-32-23(31)17-5-3-4-15(12-17)6-7-16-9-11-20(30)21(22(16)24(25,26)27)18-8-10-19(13-28)29-14-18/h3-5,8-12,14,30H,2H2,1H3. The van der Waals surface area contributed by atoms with E-state index in [9.17, 15) is 23.1 Å². The number of carbonyl (C=O) groups excluding carboxylic acids is 1. The second kappa shape index (κ2) is 9.23. The molecule has 1 aromatic heterocycles. The molecular weight excluding hydrogens is 421 g/mol. The van der Waals surface area contributed by atoms with Gasteiger partial charge in [-0.25, -0.2) is 9.78 Å². The number of rotatable bonds is 3. The molecule has 8 heteroatoms. The normalized spacial score (nSPS) is 10.6. The fourth-order valence-corrected chi connectivity index (χ4v) is 2.97. The summed E-state index contributed by atoms with van der Waals surface area (Å²) in [7, 11) is 0. The lowest BCUT2D eigenvalue weighted by atomic mass is 9.94.